The Bertz CT molecular complexity index is 510. The average Bonchev–Trinajstić information content (AvgIpc) is 2.99. The highest BCUT2D eigenvalue weighted by Crippen LogP contribution is 2.41. The van der Waals surface area contributed by atoms with Crippen molar-refractivity contribution in [2.45, 2.75) is 30.8 Å². The van der Waals surface area contributed by atoms with Gasteiger partial charge in [-0.15, -0.1) is 5.10 Å². The summed E-state index contributed by atoms with van der Waals surface area (Å²) in [4.78, 5) is 0. The third kappa shape index (κ3) is 1.88. The third-order valence-electron chi connectivity index (χ3n) is 3.63. The minimum absolute atomic E-state index is 0.0599. The van der Waals surface area contributed by atoms with E-state index < -0.39 is 0 Å². The summed E-state index contributed by atoms with van der Waals surface area (Å²) in [5.74, 6) is -0.0987. The molecule has 1 aliphatic rings. The maximum absolute atomic E-state index is 13.0. The van der Waals surface area contributed by atoms with Crippen LogP contribution in [0.3, 0.4) is 0 Å². The van der Waals surface area contributed by atoms with Gasteiger partial charge in [0.05, 0.1) is 6.04 Å². The number of benzene rings is 1. The zero-order chi connectivity index (χ0) is 12.5. The minimum atomic E-state index is -0.232. The molecule has 0 amide bonds. The second-order valence-electron chi connectivity index (χ2n) is 4.68. The van der Waals surface area contributed by atoms with Crippen LogP contribution in [0.25, 0.3) is 0 Å². The summed E-state index contributed by atoms with van der Waals surface area (Å²) in [6.07, 6.45) is 3.47. The Balaban J connectivity index is 1.94. The summed E-state index contributed by atoms with van der Waals surface area (Å²) in [5, 5.41) is 11.3. The lowest BCUT2D eigenvalue weighted by molar-refractivity contribution is 0.401. The second-order valence-corrected chi connectivity index (χ2v) is 4.68. The maximum atomic E-state index is 13.0. The zero-order valence-corrected chi connectivity index (χ0v) is 9.78. The standard InChI is InChI=1S/C12H14FN5/c13-9-3-1-8(2-4-9)12-10(14)5-6-11(12)18-7-15-16-17-18/h1-4,7,10-12H,5-6,14H2/t10-,11-,12-/m0/s1. The molecular formula is C12H14FN5. The molecule has 94 valence electrons. The van der Waals surface area contributed by atoms with Gasteiger partial charge >= 0.3 is 0 Å². The second kappa shape index (κ2) is 4.45. The van der Waals surface area contributed by atoms with Crippen LogP contribution in [0.5, 0.6) is 0 Å². The third-order valence-corrected chi connectivity index (χ3v) is 3.63. The molecule has 5 nitrogen and oxygen atoms in total. The number of aromatic nitrogens is 4. The van der Waals surface area contributed by atoms with E-state index in [1.54, 1.807) is 23.1 Å². The molecule has 0 spiro atoms. The van der Waals surface area contributed by atoms with Gasteiger partial charge in [0.25, 0.3) is 0 Å². The molecular weight excluding hydrogens is 233 g/mol. The van der Waals surface area contributed by atoms with Crippen molar-refractivity contribution in [1.82, 2.24) is 20.2 Å². The average molecular weight is 247 g/mol. The van der Waals surface area contributed by atoms with Gasteiger partial charge in [-0.2, -0.15) is 0 Å². The van der Waals surface area contributed by atoms with Crippen LogP contribution >= 0.6 is 0 Å². The maximum Gasteiger partial charge on any atom is 0.138 e. The Morgan fingerprint density at radius 2 is 2.00 bits per heavy atom. The van der Waals surface area contributed by atoms with Crippen molar-refractivity contribution in [2.75, 3.05) is 0 Å². The fourth-order valence-electron chi connectivity index (χ4n) is 2.78. The summed E-state index contributed by atoms with van der Waals surface area (Å²) in [6, 6.07) is 6.74. The van der Waals surface area contributed by atoms with Gasteiger partial charge in [-0.05, 0) is 41.0 Å². The van der Waals surface area contributed by atoms with Crippen LogP contribution in [0.15, 0.2) is 30.6 Å². The zero-order valence-electron chi connectivity index (χ0n) is 9.78. The van der Waals surface area contributed by atoms with Crippen molar-refractivity contribution in [3.8, 4) is 0 Å². The highest BCUT2D eigenvalue weighted by molar-refractivity contribution is 5.25. The molecule has 1 aliphatic carbocycles. The smallest absolute Gasteiger partial charge is 0.138 e. The van der Waals surface area contributed by atoms with Crippen LogP contribution in [0.4, 0.5) is 4.39 Å². The number of nitrogens with zero attached hydrogens (tertiary/aromatic N) is 4. The van der Waals surface area contributed by atoms with Crippen LogP contribution < -0.4 is 5.73 Å². The van der Waals surface area contributed by atoms with Crippen LogP contribution in [0.2, 0.25) is 0 Å². The van der Waals surface area contributed by atoms with E-state index in [1.165, 1.54) is 12.1 Å². The molecule has 1 saturated carbocycles. The van der Waals surface area contributed by atoms with Crippen LogP contribution in [-0.4, -0.2) is 26.2 Å². The molecule has 2 N–H and O–H groups in total. The monoisotopic (exact) mass is 247 g/mol. The van der Waals surface area contributed by atoms with Crippen molar-refractivity contribution >= 4 is 0 Å². The van der Waals surface area contributed by atoms with E-state index in [9.17, 15) is 4.39 Å². The van der Waals surface area contributed by atoms with E-state index in [4.69, 9.17) is 5.73 Å². The summed E-state index contributed by atoms with van der Waals surface area (Å²) < 4.78 is 14.7. The van der Waals surface area contributed by atoms with Crippen LogP contribution in [0.1, 0.15) is 30.4 Å². The topological polar surface area (TPSA) is 69.6 Å². The van der Waals surface area contributed by atoms with E-state index in [-0.39, 0.29) is 23.8 Å². The lowest BCUT2D eigenvalue weighted by atomic mass is 9.91. The molecule has 3 rings (SSSR count). The van der Waals surface area contributed by atoms with E-state index in [0.717, 1.165) is 18.4 Å². The van der Waals surface area contributed by atoms with Gasteiger partial charge < -0.3 is 5.73 Å². The minimum Gasteiger partial charge on any atom is -0.327 e. The summed E-state index contributed by atoms with van der Waals surface area (Å²) in [7, 11) is 0. The van der Waals surface area contributed by atoms with E-state index >= 15 is 0 Å². The molecule has 1 heterocycles. The van der Waals surface area contributed by atoms with Crippen LogP contribution in [-0.2, 0) is 0 Å². The molecule has 3 atom stereocenters. The number of rotatable bonds is 2. The fourth-order valence-corrected chi connectivity index (χ4v) is 2.78. The van der Waals surface area contributed by atoms with Crippen molar-refractivity contribution in [3.63, 3.8) is 0 Å². The first-order chi connectivity index (χ1) is 8.75. The van der Waals surface area contributed by atoms with E-state index in [0.29, 0.717) is 0 Å². The SMILES string of the molecule is N[C@H]1CC[C@H](n2cnnn2)[C@H]1c1ccc(F)cc1. The predicted molar refractivity (Wildman–Crippen MR) is 63.2 cm³/mol. The Morgan fingerprint density at radius 3 is 2.67 bits per heavy atom. The van der Waals surface area contributed by atoms with Gasteiger partial charge in [-0.25, -0.2) is 9.07 Å². The molecule has 1 fully saturated rings. The Hall–Kier alpha value is -1.82. The van der Waals surface area contributed by atoms with Gasteiger partial charge in [0, 0.05) is 12.0 Å². The van der Waals surface area contributed by atoms with Gasteiger partial charge in [-0.1, -0.05) is 12.1 Å². The Labute approximate surface area is 104 Å². The molecule has 2 aromatic rings. The van der Waals surface area contributed by atoms with Crippen LogP contribution in [0, 0.1) is 5.82 Å². The lowest BCUT2D eigenvalue weighted by Gasteiger charge is -2.22. The molecule has 0 aliphatic heterocycles. The Morgan fingerprint density at radius 1 is 1.22 bits per heavy atom. The first-order valence-corrected chi connectivity index (χ1v) is 5.99. The molecule has 0 saturated heterocycles. The van der Waals surface area contributed by atoms with Crippen molar-refractivity contribution in [2.24, 2.45) is 5.73 Å². The molecule has 0 radical (unpaired) electrons. The molecule has 1 aromatic heterocycles. The van der Waals surface area contributed by atoms with Crippen molar-refractivity contribution in [1.29, 1.82) is 0 Å². The number of nitrogens with two attached hydrogens (primary N) is 1. The number of halogens is 1. The first kappa shape index (κ1) is 11.3. The van der Waals surface area contributed by atoms with Gasteiger partial charge in [0.2, 0.25) is 0 Å². The molecule has 6 heteroatoms. The summed E-state index contributed by atoms with van der Waals surface area (Å²) in [5.41, 5.74) is 7.21. The van der Waals surface area contributed by atoms with Gasteiger partial charge in [0.15, 0.2) is 0 Å². The normalized spacial score (nSPS) is 27.6. The number of hydrogen-bond donors (Lipinski definition) is 1. The lowest BCUT2D eigenvalue weighted by Crippen LogP contribution is -2.27. The highest BCUT2D eigenvalue weighted by atomic mass is 19.1. The summed E-state index contributed by atoms with van der Waals surface area (Å²) in [6.45, 7) is 0. The highest BCUT2D eigenvalue weighted by Gasteiger charge is 2.36. The quantitative estimate of drug-likeness (QED) is 0.867. The molecule has 1 aromatic carbocycles. The first-order valence-electron chi connectivity index (χ1n) is 5.99. The Kier molecular flexibility index (Phi) is 2.79. The summed E-state index contributed by atoms with van der Waals surface area (Å²) >= 11 is 0. The van der Waals surface area contributed by atoms with E-state index in [2.05, 4.69) is 15.5 Å². The number of hydrogen-bond acceptors (Lipinski definition) is 4. The molecule has 18 heavy (non-hydrogen) atoms. The van der Waals surface area contributed by atoms with Crippen molar-refractivity contribution in [3.05, 3.63) is 42.0 Å². The van der Waals surface area contributed by atoms with Gasteiger partial charge in [-0.3, -0.25) is 0 Å². The largest absolute Gasteiger partial charge is 0.327 e. The van der Waals surface area contributed by atoms with Crippen molar-refractivity contribution < 1.29 is 4.39 Å². The molecule has 0 bridgehead atoms. The van der Waals surface area contributed by atoms with Gasteiger partial charge in [0.1, 0.15) is 12.1 Å². The van der Waals surface area contributed by atoms with E-state index in [1.807, 2.05) is 0 Å². The fraction of sp³-hybridized carbons (Fsp3) is 0.417. The predicted octanol–water partition coefficient (Wildman–Crippen LogP) is 1.26. The molecule has 0 unspecified atom stereocenters. The number of tetrazole rings is 1.